The summed E-state index contributed by atoms with van der Waals surface area (Å²) in [6, 6.07) is 23.3. The molecule has 0 amide bonds. The summed E-state index contributed by atoms with van der Waals surface area (Å²) in [5.74, 6) is 1.24. The first-order valence-electron chi connectivity index (χ1n) is 11.1. The van der Waals surface area contributed by atoms with Gasteiger partial charge >= 0.3 is 0 Å². The number of hydrazine groups is 1. The lowest BCUT2D eigenvalue weighted by Gasteiger charge is -2.16. The number of ether oxygens (including phenoxy) is 1. The Labute approximate surface area is 205 Å². The average molecular weight is 518 g/mol. The number of aryl methyl sites for hydroxylation is 1. The molecule has 1 aliphatic heterocycles. The Kier molecular flexibility index (Phi) is 6.53. The van der Waals surface area contributed by atoms with Crippen molar-refractivity contribution in [3.8, 4) is 5.75 Å². The molecule has 1 fully saturated rings. The van der Waals surface area contributed by atoms with Crippen LogP contribution in [0.25, 0.3) is 10.9 Å². The van der Waals surface area contributed by atoms with E-state index in [-0.39, 0.29) is 24.1 Å². The second-order valence-electron chi connectivity index (χ2n) is 8.20. The molecule has 0 spiro atoms. The molecule has 34 heavy (non-hydrogen) atoms. The summed E-state index contributed by atoms with van der Waals surface area (Å²) < 4.78 is 8.40. The van der Waals surface area contributed by atoms with Gasteiger partial charge in [0.05, 0.1) is 16.9 Å². The van der Waals surface area contributed by atoms with Crippen LogP contribution in [-0.2, 0) is 6.61 Å². The van der Waals surface area contributed by atoms with Crippen LogP contribution in [0.3, 0.4) is 0 Å². The van der Waals surface area contributed by atoms with Crippen molar-refractivity contribution in [2.45, 2.75) is 19.6 Å². The molecule has 1 aliphatic rings. The first kappa shape index (κ1) is 22.5. The molecule has 5 rings (SSSR count). The van der Waals surface area contributed by atoms with Gasteiger partial charge < -0.3 is 4.74 Å². The van der Waals surface area contributed by atoms with Crippen LogP contribution >= 0.6 is 15.9 Å². The van der Waals surface area contributed by atoms with Crippen molar-refractivity contribution in [2.75, 3.05) is 6.54 Å². The van der Waals surface area contributed by atoms with Gasteiger partial charge in [-0.3, -0.25) is 10.2 Å². The molecule has 0 saturated carbocycles. The summed E-state index contributed by atoms with van der Waals surface area (Å²) in [5.41, 5.74) is 9.07. The lowest BCUT2D eigenvalue weighted by Crippen LogP contribution is -2.26. The van der Waals surface area contributed by atoms with Gasteiger partial charge in [-0.2, -0.15) is 9.78 Å². The van der Waals surface area contributed by atoms with Crippen molar-refractivity contribution in [3.05, 3.63) is 105 Å². The Balaban J connectivity index is 1.48. The van der Waals surface area contributed by atoms with Crippen LogP contribution in [0, 0.1) is 12.8 Å². The summed E-state index contributed by atoms with van der Waals surface area (Å²) >= 11 is 3.48. The van der Waals surface area contributed by atoms with E-state index >= 15 is 0 Å². The van der Waals surface area contributed by atoms with E-state index in [0.717, 1.165) is 21.3 Å². The van der Waals surface area contributed by atoms with Gasteiger partial charge in [-0.05, 0) is 48.4 Å². The number of halogens is 1. The molecule has 4 aromatic rings. The van der Waals surface area contributed by atoms with E-state index in [4.69, 9.17) is 9.72 Å². The minimum atomic E-state index is -0.218. The maximum absolute atomic E-state index is 13.3. The summed E-state index contributed by atoms with van der Waals surface area (Å²) in [7, 11) is 0. The second kappa shape index (κ2) is 9.89. The number of rotatable bonds is 6. The molecule has 7 nitrogen and oxygen atoms in total. The Bertz CT molecular complexity index is 1400. The van der Waals surface area contributed by atoms with Crippen molar-refractivity contribution in [3.63, 3.8) is 0 Å². The van der Waals surface area contributed by atoms with Crippen LogP contribution in [0.2, 0.25) is 0 Å². The van der Waals surface area contributed by atoms with Gasteiger partial charge in [0.25, 0.3) is 5.56 Å². The van der Waals surface area contributed by atoms with Crippen LogP contribution < -0.4 is 21.1 Å². The number of hydrogen-bond acceptors (Lipinski definition) is 6. The number of aromatic nitrogens is 2. The zero-order chi connectivity index (χ0) is 23.5. The first-order valence-corrected chi connectivity index (χ1v) is 11.9. The Morgan fingerprint density at radius 2 is 1.88 bits per heavy atom. The maximum Gasteiger partial charge on any atom is 0.282 e. The number of fused-ring (bicyclic) bond motifs is 1. The topological polar surface area (TPSA) is 80.5 Å². The lowest BCUT2D eigenvalue weighted by molar-refractivity contribution is 0.287. The number of nitrogens with one attached hydrogen (secondary N) is 2. The highest BCUT2D eigenvalue weighted by Gasteiger charge is 2.27. The third-order valence-electron chi connectivity index (χ3n) is 5.90. The molecular formula is C26H24BrN5O2. The number of para-hydroxylation sites is 2. The van der Waals surface area contributed by atoms with E-state index in [0.29, 0.717) is 23.3 Å². The fraction of sp³-hybridized carbons (Fsp3) is 0.192. The van der Waals surface area contributed by atoms with E-state index in [1.807, 2.05) is 67.7 Å². The van der Waals surface area contributed by atoms with Crippen LogP contribution in [0.5, 0.6) is 5.75 Å². The SMILES string of the molecule is Cc1ccccc1OCc1nc2ccccc2c(=O)n1/N=C/C1CNNC1c1ccc(Br)cc1. The molecule has 1 aromatic heterocycles. The van der Waals surface area contributed by atoms with Gasteiger partial charge in [-0.25, -0.2) is 10.4 Å². The van der Waals surface area contributed by atoms with Crippen LogP contribution in [0.4, 0.5) is 0 Å². The first-order chi connectivity index (χ1) is 16.6. The Morgan fingerprint density at radius 3 is 2.71 bits per heavy atom. The molecule has 2 heterocycles. The molecule has 2 unspecified atom stereocenters. The van der Waals surface area contributed by atoms with E-state index < -0.39 is 0 Å². The lowest BCUT2D eigenvalue weighted by atomic mass is 9.96. The van der Waals surface area contributed by atoms with Crippen LogP contribution in [-0.4, -0.2) is 22.4 Å². The normalized spacial score (nSPS) is 18.1. The molecule has 2 atom stereocenters. The minimum Gasteiger partial charge on any atom is -0.485 e. The third kappa shape index (κ3) is 4.65. The molecule has 2 N–H and O–H groups in total. The van der Waals surface area contributed by atoms with E-state index in [1.165, 1.54) is 4.68 Å². The van der Waals surface area contributed by atoms with Gasteiger partial charge in [-0.1, -0.05) is 58.4 Å². The van der Waals surface area contributed by atoms with Gasteiger partial charge in [0.2, 0.25) is 0 Å². The largest absolute Gasteiger partial charge is 0.485 e. The highest BCUT2D eigenvalue weighted by molar-refractivity contribution is 9.10. The zero-order valence-corrected chi connectivity index (χ0v) is 20.2. The van der Waals surface area contributed by atoms with Crippen LogP contribution in [0.15, 0.2) is 87.2 Å². The fourth-order valence-corrected chi connectivity index (χ4v) is 4.31. The van der Waals surface area contributed by atoms with E-state index in [2.05, 4.69) is 44.0 Å². The highest BCUT2D eigenvalue weighted by atomic mass is 79.9. The number of nitrogens with zero attached hydrogens (tertiary/aromatic N) is 3. The van der Waals surface area contributed by atoms with Gasteiger partial charge in [-0.15, -0.1) is 0 Å². The second-order valence-corrected chi connectivity index (χ2v) is 9.11. The summed E-state index contributed by atoms with van der Waals surface area (Å²) in [5, 5.41) is 5.13. The fourth-order valence-electron chi connectivity index (χ4n) is 4.05. The standard InChI is InChI=1S/C26H24BrN5O2/c1-17-6-2-5-9-23(17)34-16-24-30-22-8-4-3-7-21(22)26(33)32(24)29-15-19-14-28-31-25(19)18-10-12-20(27)13-11-18/h2-13,15,19,25,28,31H,14,16H2,1H3/b29-15+. The molecule has 172 valence electrons. The van der Waals surface area contributed by atoms with E-state index in [9.17, 15) is 4.79 Å². The van der Waals surface area contributed by atoms with Crippen molar-refractivity contribution in [1.82, 2.24) is 20.5 Å². The van der Waals surface area contributed by atoms with Gasteiger partial charge in [0.15, 0.2) is 5.82 Å². The molecule has 0 aliphatic carbocycles. The molecule has 8 heteroatoms. The summed E-state index contributed by atoms with van der Waals surface area (Å²) in [4.78, 5) is 18.0. The van der Waals surface area contributed by atoms with Crippen molar-refractivity contribution >= 4 is 33.0 Å². The summed E-state index contributed by atoms with van der Waals surface area (Å²) in [6.07, 6.45) is 1.81. The zero-order valence-electron chi connectivity index (χ0n) is 18.6. The monoisotopic (exact) mass is 517 g/mol. The molecule has 1 saturated heterocycles. The van der Waals surface area contributed by atoms with Gasteiger partial charge in [0, 0.05) is 23.1 Å². The van der Waals surface area contributed by atoms with Crippen LogP contribution in [0.1, 0.15) is 23.0 Å². The quantitative estimate of drug-likeness (QED) is 0.371. The summed E-state index contributed by atoms with van der Waals surface area (Å²) in [6.45, 7) is 2.80. The predicted octanol–water partition coefficient (Wildman–Crippen LogP) is 4.35. The smallest absolute Gasteiger partial charge is 0.282 e. The predicted molar refractivity (Wildman–Crippen MR) is 137 cm³/mol. The maximum atomic E-state index is 13.3. The molecule has 0 bridgehead atoms. The highest BCUT2D eigenvalue weighted by Crippen LogP contribution is 2.25. The molecule has 3 aromatic carbocycles. The van der Waals surface area contributed by atoms with Crippen molar-refractivity contribution < 1.29 is 4.74 Å². The number of hydrogen-bond donors (Lipinski definition) is 2. The molecule has 0 radical (unpaired) electrons. The van der Waals surface area contributed by atoms with E-state index in [1.54, 1.807) is 6.07 Å². The number of benzene rings is 3. The minimum absolute atomic E-state index is 0.0348. The Morgan fingerprint density at radius 1 is 1.12 bits per heavy atom. The van der Waals surface area contributed by atoms with Crippen molar-refractivity contribution in [1.29, 1.82) is 0 Å². The third-order valence-corrected chi connectivity index (χ3v) is 6.43. The Hall–Kier alpha value is -3.33. The average Bonchev–Trinajstić information content (AvgIpc) is 3.32. The van der Waals surface area contributed by atoms with Gasteiger partial charge in [0.1, 0.15) is 12.4 Å². The van der Waals surface area contributed by atoms with Crippen molar-refractivity contribution in [2.24, 2.45) is 11.0 Å². The molecular weight excluding hydrogens is 494 g/mol.